The van der Waals surface area contributed by atoms with Gasteiger partial charge in [-0.25, -0.2) is 0 Å². The van der Waals surface area contributed by atoms with E-state index in [0.717, 1.165) is 5.82 Å². The summed E-state index contributed by atoms with van der Waals surface area (Å²) in [6, 6.07) is 4.30. The van der Waals surface area contributed by atoms with Crippen LogP contribution in [0, 0.1) is 5.41 Å². The van der Waals surface area contributed by atoms with Crippen molar-refractivity contribution in [2.75, 3.05) is 11.1 Å². The molecule has 21 heavy (non-hydrogen) atoms. The van der Waals surface area contributed by atoms with Crippen molar-refractivity contribution in [1.82, 2.24) is 4.98 Å². The van der Waals surface area contributed by atoms with Gasteiger partial charge in [0.25, 0.3) is 0 Å². The largest absolute Gasteiger partial charge is 0.470 e. The first kappa shape index (κ1) is 15.9. The second kappa shape index (κ2) is 5.74. The molecule has 0 unspecified atom stereocenters. The summed E-state index contributed by atoms with van der Waals surface area (Å²) in [6.45, 7) is 10.7. The Morgan fingerprint density at radius 3 is 2.43 bits per heavy atom. The van der Waals surface area contributed by atoms with Crippen LogP contribution >= 0.6 is 0 Å². The van der Waals surface area contributed by atoms with Crippen LogP contribution in [0.15, 0.2) is 12.1 Å². The second-order valence-electron chi connectivity index (χ2n) is 7.89. The van der Waals surface area contributed by atoms with Crippen molar-refractivity contribution in [3.63, 3.8) is 0 Å². The lowest BCUT2D eigenvalue weighted by Crippen LogP contribution is -2.30. The molecule has 0 saturated heterocycles. The number of hydrogen-bond acceptors (Lipinski definition) is 4. The maximum absolute atomic E-state index is 5.95. The fourth-order valence-electron chi connectivity index (χ4n) is 2.66. The molecule has 4 heteroatoms. The molecule has 2 rings (SSSR count). The van der Waals surface area contributed by atoms with Crippen LogP contribution in [0.1, 0.15) is 60.3 Å². The maximum Gasteiger partial charge on any atom is 0.239 e. The quantitative estimate of drug-likeness (QED) is 0.875. The molecule has 0 radical (unpaired) electrons. The third kappa shape index (κ3) is 4.80. The van der Waals surface area contributed by atoms with Crippen molar-refractivity contribution < 1.29 is 4.74 Å². The second-order valence-corrected chi connectivity index (χ2v) is 7.89. The van der Waals surface area contributed by atoms with Gasteiger partial charge < -0.3 is 15.8 Å². The Labute approximate surface area is 128 Å². The van der Waals surface area contributed by atoms with Crippen LogP contribution in [0.25, 0.3) is 0 Å². The van der Waals surface area contributed by atoms with Crippen LogP contribution in [0.2, 0.25) is 0 Å². The van der Waals surface area contributed by atoms with Crippen LogP contribution in [-0.4, -0.2) is 16.6 Å². The SMILES string of the molecule is CC1(C)CCC(Nc2ccc(N)c(OC(C)(C)C)n2)CC1. The number of pyridine rings is 1. The molecule has 0 atom stereocenters. The van der Waals surface area contributed by atoms with Crippen molar-refractivity contribution in [3.8, 4) is 5.88 Å². The smallest absolute Gasteiger partial charge is 0.239 e. The van der Waals surface area contributed by atoms with E-state index < -0.39 is 0 Å². The van der Waals surface area contributed by atoms with Gasteiger partial charge in [0, 0.05) is 6.04 Å². The van der Waals surface area contributed by atoms with Crippen molar-refractivity contribution in [2.45, 2.75) is 71.9 Å². The molecule has 0 bridgehead atoms. The number of nitrogens with two attached hydrogens (primary N) is 1. The third-order valence-electron chi connectivity index (χ3n) is 3.98. The highest BCUT2D eigenvalue weighted by Gasteiger charge is 2.27. The number of nitrogen functional groups attached to an aromatic ring is 1. The normalized spacial score (nSPS) is 19.3. The molecule has 1 saturated carbocycles. The van der Waals surface area contributed by atoms with Gasteiger partial charge >= 0.3 is 0 Å². The average molecular weight is 291 g/mol. The zero-order valence-electron chi connectivity index (χ0n) is 14.0. The Hall–Kier alpha value is -1.45. The topological polar surface area (TPSA) is 60.2 Å². The number of nitrogens with one attached hydrogen (secondary N) is 1. The minimum Gasteiger partial charge on any atom is -0.470 e. The Kier molecular flexibility index (Phi) is 4.35. The molecule has 1 aliphatic rings. The summed E-state index contributed by atoms with van der Waals surface area (Å²) in [5.74, 6) is 1.37. The van der Waals surface area contributed by atoms with Gasteiger partial charge in [0.2, 0.25) is 5.88 Å². The minimum absolute atomic E-state index is 0.297. The lowest BCUT2D eigenvalue weighted by molar-refractivity contribution is 0.125. The summed E-state index contributed by atoms with van der Waals surface area (Å²) in [7, 11) is 0. The molecule has 0 amide bonds. The summed E-state index contributed by atoms with van der Waals surface area (Å²) in [5.41, 5.74) is 6.72. The van der Waals surface area contributed by atoms with E-state index >= 15 is 0 Å². The molecule has 0 spiro atoms. The molecular weight excluding hydrogens is 262 g/mol. The minimum atomic E-state index is -0.297. The Morgan fingerprint density at radius 2 is 1.86 bits per heavy atom. The van der Waals surface area contributed by atoms with Gasteiger partial charge in [-0.1, -0.05) is 13.8 Å². The van der Waals surface area contributed by atoms with Crippen molar-refractivity contribution in [2.24, 2.45) is 5.41 Å². The van der Waals surface area contributed by atoms with Crippen molar-refractivity contribution in [3.05, 3.63) is 12.1 Å². The van der Waals surface area contributed by atoms with E-state index in [9.17, 15) is 0 Å². The van der Waals surface area contributed by atoms with Crippen LogP contribution < -0.4 is 15.8 Å². The summed E-state index contributed by atoms with van der Waals surface area (Å²) < 4.78 is 5.82. The molecule has 3 N–H and O–H groups in total. The summed E-state index contributed by atoms with van der Waals surface area (Å²) in [6.07, 6.45) is 4.89. The molecule has 1 aromatic heterocycles. The zero-order valence-corrected chi connectivity index (χ0v) is 14.0. The lowest BCUT2D eigenvalue weighted by Gasteiger charge is -2.34. The van der Waals surface area contributed by atoms with Gasteiger partial charge in [-0.15, -0.1) is 0 Å². The molecule has 118 valence electrons. The van der Waals surface area contributed by atoms with Crippen LogP contribution in [-0.2, 0) is 0 Å². The highest BCUT2D eigenvalue weighted by atomic mass is 16.5. The van der Waals surface area contributed by atoms with E-state index in [1.807, 2.05) is 32.9 Å². The first-order chi connectivity index (χ1) is 9.65. The van der Waals surface area contributed by atoms with E-state index in [2.05, 4.69) is 24.1 Å². The monoisotopic (exact) mass is 291 g/mol. The number of rotatable bonds is 3. The standard InChI is InChI=1S/C17H29N3O/c1-16(2,3)21-15-13(18)6-7-14(20-15)19-12-8-10-17(4,5)11-9-12/h6-7,12H,8-11,18H2,1-5H3,(H,19,20). The van der Waals surface area contributed by atoms with Gasteiger partial charge in [0.1, 0.15) is 11.4 Å². The summed E-state index contributed by atoms with van der Waals surface area (Å²) in [4.78, 5) is 4.53. The fraction of sp³-hybridized carbons (Fsp3) is 0.706. The number of anilines is 2. The molecule has 4 nitrogen and oxygen atoms in total. The summed E-state index contributed by atoms with van der Waals surface area (Å²) >= 11 is 0. The van der Waals surface area contributed by atoms with Crippen LogP contribution in [0.5, 0.6) is 5.88 Å². The van der Waals surface area contributed by atoms with Gasteiger partial charge in [0.15, 0.2) is 0 Å². The maximum atomic E-state index is 5.95. The molecule has 1 fully saturated rings. The van der Waals surface area contributed by atoms with Crippen molar-refractivity contribution in [1.29, 1.82) is 0 Å². The average Bonchev–Trinajstić information content (AvgIpc) is 2.34. The molecule has 0 aromatic carbocycles. The van der Waals surface area contributed by atoms with Crippen LogP contribution in [0.3, 0.4) is 0 Å². The Bertz CT molecular complexity index is 481. The van der Waals surface area contributed by atoms with E-state index in [1.54, 1.807) is 0 Å². The highest BCUT2D eigenvalue weighted by molar-refractivity contribution is 5.54. The number of ether oxygens (including phenoxy) is 1. The molecule has 1 aromatic rings. The van der Waals surface area contributed by atoms with Gasteiger partial charge in [-0.3, -0.25) is 0 Å². The predicted octanol–water partition coefficient (Wildman–Crippen LogP) is 4.22. The molecular formula is C17H29N3O. The Balaban J connectivity index is 2.03. The van der Waals surface area contributed by atoms with Gasteiger partial charge in [-0.2, -0.15) is 4.98 Å². The van der Waals surface area contributed by atoms with E-state index in [1.165, 1.54) is 25.7 Å². The highest BCUT2D eigenvalue weighted by Crippen LogP contribution is 2.36. The third-order valence-corrected chi connectivity index (χ3v) is 3.98. The number of nitrogens with zero attached hydrogens (tertiary/aromatic N) is 1. The van der Waals surface area contributed by atoms with Gasteiger partial charge in [0.05, 0.1) is 5.69 Å². The first-order valence-electron chi connectivity index (χ1n) is 7.87. The fourth-order valence-corrected chi connectivity index (χ4v) is 2.66. The number of hydrogen-bond donors (Lipinski definition) is 2. The van der Waals surface area contributed by atoms with Gasteiger partial charge in [-0.05, 0) is 64.0 Å². The lowest BCUT2D eigenvalue weighted by atomic mass is 9.75. The Morgan fingerprint density at radius 1 is 1.24 bits per heavy atom. The summed E-state index contributed by atoms with van der Waals surface area (Å²) in [5, 5.41) is 3.53. The van der Waals surface area contributed by atoms with E-state index in [-0.39, 0.29) is 5.60 Å². The first-order valence-corrected chi connectivity index (χ1v) is 7.87. The molecule has 1 aliphatic carbocycles. The zero-order chi connectivity index (χ0) is 15.7. The molecule has 0 aliphatic heterocycles. The van der Waals surface area contributed by atoms with Crippen LogP contribution in [0.4, 0.5) is 11.5 Å². The van der Waals surface area contributed by atoms with Crippen molar-refractivity contribution >= 4 is 11.5 Å². The number of aromatic nitrogens is 1. The van der Waals surface area contributed by atoms with E-state index in [4.69, 9.17) is 10.5 Å². The molecule has 1 heterocycles. The predicted molar refractivity (Wildman–Crippen MR) is 88.7 cm³/mol. The van der Waals surface area contributed by atoms with E-state index in [0.29, 0.717) is 23.0 Å².